The van der Waals surface area contributed by atoms with E-state index in [0.29, 0.717) is 0 Å². The Labute approximate surface area is 115 Å². The Bertz CT molecular complexity index is 385. The van der Waals surface area contributed by atoms with E-state index < -0.39 is 5.97 Å². The number of aliphatic carboxylic acids is 1. The molecule has 1 aromatic rings. The first kappa shape index (κ1) is 15.7. The molecule has 0 fully saturated rings. The highest BCUT2D eigenvalue weighted by atomic mass is 16.4. The number of unbranched alkanes of at least 4 members (excludes halogenated alkanes) is 4. The maximum absolute atomic E-state index is 10.9. The van der Waals surface area contributed by atoms with Crippen LogP contribution >= 0.6 is 0 Å². The van der Waals surface area contributed by atoms with Crippen molar-refractivity contribution in [1.29, 1.82) is 0 Å². The molecule has 0 saturated heterocycles. The number of aromatic nitrogens is 2. The van der Waals surface area contributed by atoms with Gasteiger partial charge in [-0.1, -0.05) is 39.5 Å². The highest BCUT2D eigenvalue weighted by molar-refractivity contribution is 5.69. The van der Waals surface area contributed by atoms with Crippen LogP contribution in [0.1, 0.15) is 63.6 Å². The van der Waals surface area contributed by atoms with E-state index in [4.69, 9.17) is 5.11 Å². The predicted octanol–water partition coefficient (Wildman–Crippen LogP) is 3.43. The zero-order chi connectivity index (χ0) is 14.1. The van der Waals surface area contributed by atoms with E-state index in [1.807, 2.05) is 10.9 Å². The highest BCUT2D eigenvalue weighted by Crippen LogP contribution is 2.13. The molecule has 1 aromatic heterocycles. The number of carboxylic acids is 1. The zero-order valence-electron chi connectivity index (χ0n) is 12.2. The molecule has 0 aromatic carbocycles. The van der Waals surface area contributed by atoms with Crippen LogP contribution in [0.5, 0.6) is 0 Å². The molecule has 108 valence electrons. The lowest BCUT2D eigenvalue weighted by Gasteiger charge is -1.99. The predicted molar refractivity (Wildman–Crippen MR) is 76.3 cm³/mol. The van der Waals surface area contributed by atoms with Gasteiger partial charge in [0, 0.05) is 12.7 Å². The molecule has 0 bridgehead atoms. The third kappa shape index (κ3) is 5.90. The van der Waals surface area contributed by atoms with E-state index >= 15 is 0 Å². The second-order valence-corrected chi connectivity index (χ2v) is 5.10. The van der Waals surface area contributed by atoms with Gasteiger partial charge in [-0.05, 0) is 24.8 Å². The van der Waals surface area contributed by atoms with Crippen molar-refractivity contribution in [3.63, 3.8) is 0 Å². The Morgan fingerprint density at radius 2 is 1.89 bits per heavy atom. The number of rotatable bonds is 10. The second-order valence-electron chi connectivity index (χ2n) is 5.10. The molecule has 0 amide bonds. The van der Waals surface area contributed by atoms with Crippen molar-refractivity contribution in [3.05, 3.63) is 17.5 Å². The van der Waals surface area contributed by atoms with Crippen molar-refractivity contribution in [1.82, 2.24) is 9.78 Å². The molecule has 4 heteroatoms. The van der Waals surface area contributed by atoms with Gasteiger partial charge in [-0.25, -0.2) is 0 Å². The van der Waals surface area contributed by atoms with Crippen molar-refractivity contribution in [3.8, 4) is 0 Å². The first-order chi connectivity index (χ1) is 9.17. The van der Waals surface area contributed by atoms with E-state index in [-0.39, 0.29) is 6.42 Å². The lowest BCUT2D eigenvalue weighted by molar-refractivity contribution is -0.136. The van der Waals surface area contributed by atoms with Crippen molar-refractivity contribution in [2.45, 2.75) is 71.8 Å². The number of hydrogen-bond donors (Lipinski definition) is 1. The van der Waals surface area contributed by atoms with Gasteiger partial charge in [0.15, 0.2) is 0 Å². The molecule has 1 heterocycles. The van der Waals surface area contributed by atoms with Crippen LogP contribution in [0, 0.1) is 0 Å². The molecular formula is C15H26N2O2. The first-order valence-electron chi connectivity index (χ1n) is 7.44. The molecule has 1 N–H and O–H groups in total. The maximum Gasteiger partial charge on any atom is 0.309 e. The topological polar surface area (TPSA) is 55.1 Å². The molecule has 0 radical (unpaired) electrons. The molecule has 1 rings (SSSR count). The number of nitrogens with zero attached hydrogens (tertiary/aromatic N) is 2. The minimum absolute atomic E-state index is 0.0439. The van der Waals surface area contributed by atoms with Crippen molar-refractivity contribution in [2.24, 2.45) is 0 Å². The van der Waals surface area contributed by atoms with Crippen LogP contribution in [0.15, 0.2) is 6.20 Å². The minimum Gasteiger partial charge on any atom is -0.481 e. The first-order valence-corrected chi connectivity index (χ1v) is 7.44. The van der Waals surface area contributed by atoms with Gasteiger partial charge in [-0.15, -0.1) is 0 Å². The Morgan fingerprint density at radius 1 is 1.21 bits per heavy atom. The van der Waals surface area contributed by atoms with Crippen molar-refractivity contribution < 1.29 is 9.90 Å². The SMILES string of the molecule is CCCCCc1cn(CCCCC)nc1CC(=O)O. The minimum atomic E-state index is -0.796. The van der Waals surface area contributed by atoms with Gasteiger partial charge in [-0.3, -0.25) is 9.48 Å². The average Bonchev–Trinajstić information content (AvgIpc) is 2.72. The number of hydrogen-bond acceptors (Lipinski definition) is 2. The summed E-state index contributed by atoms with van der Waals surface area (Å²) in [5.74, 6) is -0.796. The number of carboxylic acid groups (broad SMARTS) is 1. The summed E-state index contributed by atoms with van der Waals surface area (Å²) in [6.07, 6.45) is 10.0. The molecule has 0 aliphatic carbocycles. The van der Waals surface area contributed by atoms with E-state index in [2.05, 4.69) is 18.9 Å². The molecule has 0 saturated carbocycles. The molecule has 0 aliphatic heterocycles. The standard InChI is InChI=1S/C15H26N2O2/c1-3-5-7-9-13-12-17(10-8-6-4-2)16-14(13)11-15(18)19/h12H,3-11H2,1-2H3,(H,18,19). The van der Waals surface area contributed by atoms with E-state index in [9.17, 15) is 4.79 Å². The van der Waals surface area contributed by atoms with Crippen molar-refractivity contribution in [2.75, 3.05) is 0 Å². The van der Waals surface area contributed by atoms with Crippen LogP contribution in [0.4, 0.5) is 0 Å². The quantitative estimate of drug-likeness (QED) is 0.660. The maximum atomic E-state index is 10.9. The molecular weight excluding hydrogens is 240 g/mol. The summed E-state index contributed by atoms with van der Waals surface area (Å²) in [4.78, 5) is 10.9. The molecule has 0 aliphatic rings. The third-order valence-electron chi connectivity index (χ3n) is 3.28. The largest absolute Gasteiger partial charge is 0.481 e. The monoisotopic (exact) mass is 266 g/mol. The Morgan fingerprint density at radius 3 is 2.53 bits per heavy atom. The highest BCUT2D eigenvalue weighted by Gasteiger charge is 2.12. The summed E-state index contributed by atoms with van der Waals surface area (Å²) in [6, 6.07) is 0. The fourth-order valence-corrected chi connectivity index (χ4v) is 2.21. The summed E-state index contributed by atoms with van der Waals surface area (Å²) >= 11 is 0. The smallest absolute Gasteiger partial charge is 0.309 e. The van der Waals surface area contributed by atoms with Gasteiger partial charge in [-0.2, -0.15) is 5.10 Å². The summed E-state index contributed by atoms with van der Waals surface area (Å²) in [7, 11) is 0. The van der Waals surface area contributed by atoms with Gasteiger partial charge in [0.05, 0.1) is 12.1 Å². The van der Waals surface area contributed by atoms with Gasteiger partial charge in [0.1, 0.15) is 0 Å². The van der Waals surface area contributed by atoms with E-state index in [1.54, 1.807) is 0 Å². The third-order valence-corrected chi connectivity index (χ3v) is 3.28. The Kier molecular flexibility index (Phi) is 7.23. The Balaban J connectivity index is 2.65. The number of aryl methyl sites for hydroxylation is 2. The molecule has 0 spiro atoms. The summed E-state index contributed by atoms with van der Waals surface area (Å²) in [5.41, 5.74) is 1.87. The van der Waals surface area contributed by atoms with Gasteiger partial charge < -0.3 is 5.11 Å². The van der Waals surface area contributed by atoms with Crippen LogP contribution in [0.2, 0.25) is 0 Å². The van der Waals surface area contributed by atoms with E-state index in [1.165, 1.54) is 25.7 Å². The van der Waals surface area contributed by atoms with Gasteiger partial charge >= 0.3 is 5.97 Å². The summed E-state index contributed by atoms with van der Waals surface area (Å²) < 4.78 is 1.93. The Hall–Kier alpha value is -1.32. The normalized spacial score (nSPS) is 10.8. The summed E-state index contributed by atoms with van der Waals surface area (Å²) in [6.45, 7) is 5.25. The molecule has 4 nitrogen and oxygen atoms in total. The fraction of sp³-hybridized carbons (Fsp3) is 0.733. The van der Waals surface area contributed by atoms with Crippen LogP contribution in [-0.4, -0.2) is 20.9 Å². The average molecular weight is 266 g/mol. The number of carbonyl (C=O) groups is 1. The van der Waals surface area contributed by atoms with Gasteiger partial charge in [0.2, 0.25) is 0 Å². The van der Waals surface area contributed by atoms with Crippen LogP contribution < -0.4 is 0 Å². The summed E-state index contributed by atoms with van der Waals surface area (Å²) in [5, 5.41) is 13.4. The van der Waals surface area contributed by atoms with Crippen molar-refractivity contribution >= 4 is 5.97 Å². The molecule has 0 unspecified atom stereocenters. The van der Waals surface area contributed by atoms with Crippen LogP contribution in [0.3, 0.4) is 0 Å². The fourth-order valence-electron chi connectivity index (χ4n) is 2.21. The lowest BCUT2D eigenvalue weighted by atomic mass is 10.1. The molecule has 0 atom stereocenters. The van der Waals surface area contributed by atoms with Gasteiger partial charge in [0.25, 0.3) is 0 Å². The second kappa shape index (κ2) is 8.73. The lowest BCUT2D eigenvalue weighted by Crippen LogP contribution is -2.05. The zero-order valence-corrected chi connectivity index (χ0v) is 12.2. The van der Waals surface area contributed by atoms with Crippen LogP contribution in [-0.2, 0) is 24.2 Å². The molecule has 19 heavy (non-hydrogen) atoms. The van der Waals surface area contributed by atoms with Crippen LogP contribution in [0.25, 0.3) is 0 Å². The van der Waals surface area contributed by atoms with E-state index in [0.717, 1.165) is 37.1 Å².